The number of aromatic nitrogens is 2. The summed E-state index contributed by atoms with van der Waals surface area (Å²) >= 11 is 0. The van der Waals surface area contributed by atoms with Crippen molar-refractivity contribution in [1.82, 2.24) is 24.7 Å². The number of carbonyl (C=O) groups is 1. The predicted octanol–water partition coefficient (Wildman–Crippen LogP) is 3.43. The second-order valence-corrected chi connectivity index (χ2v) is 7.50. The number of likely N-dealkylation sites (N-methyl/N-ethyl adjacent to an activating group) is 1. The largest absolute Gasteiger partial charge is 0.416 e. The molecule has 0 atom stereocenters. The van der Waals surface area contributed by atoms with Crippen LogP contribution in [0, 0.1) is 0 Å². The number of nitrogens with zero attached hydrogens (tertiary/aromatic N) is 4. The van der Waals surface area contributed by atoms with Gasteiger partial charge in [-0.15, -0.1) is 0 Å². The average Bonchev–Trinajstić information content (AvgIpc) is 3.04. The van der Waals surface area contributed by atoms with E-state index in [0.29, 0.717) is 24.5 Å². The zero-order valence-electron chi connectivity index (χ0n) is 17.2. The van der Waals surface area contributed by atoms with Crippen LogP contribution in [0.4, 0.5) is 18.0 Å². The highest BCUT2D eigenvalue weighted by atomic mass is 19.4. The number of amides is 2. The summed E-state index contributed by atoms with van der Waals surface area (Å²) in [5.41, 5.74) is -0.161. The van der Waals surface area contributed by atoms with E-state index >= 15 is 0 Å². The monoisotopic (exact) mass is 411 g/mol. The lowest BCUT2D eigenvalue weighted by molar-refractivity contribution is -0.137. The molecule has 0 aliphatic carbocycles. The van der Waals surface area contributed by atoms with Crippen molar-refractivity contribution >= 4 is 6.03 Å². The molecule has 29 heavy (non-hydrogen) atoms. The number of benzene rings is 1. The second kappa shape index (κ2) is 9.78. The van der Waals surface area contributed by atoms with Crippen LogP contribution in [0.2, 0.25) is 0 Å². The Morgan fingerprint density at radius 1 is 1.24 bits per heavy atom. The molecule has 1 aromatic carbocycles. The quantitative estimate of drug-likeness (QED) is 0.724. The van der Waals surface area contributed by atoms with Gasteiger partial charge < -0.3 is 19.7 Å². The number of alkyl halides is 3. The zero-order chi connectivity index (χ0) is 21.6. The van der Waals surface area contributed by atoms with E-state index < -0.39 is 11.7 Å². The topological polar surface area (TPSA) is 53.4 Å². The minimum atomic E-state index is -4.38. The summed E-state index contributed by atoms with van der Waals surface area (Å²) in [7, 11) is 3.85. The fraction of sp³-hybridized carbons (Fsp3) is 0.500. The van der Waals surface area contributed by atoms with E-state index in [2.05, 4.69) is 10.3 Å². The lowest BCUT2D eigenvalue weighted by Crippen LogP contribution is -2.45. The molecule has 9 heteroatoms. The molecule has 0 aliphatic rings. The molecule has 0 aliphatic heterocycles. The third-order valence-corrected chi connectivity index (χ3v) is 4.26. The van der Waals surface area contributed by atoms with E-state index in [1.165, 1.54) is 6.07 Å². The minimum Gasteiger partial charge on any atom is -0.336 e. The average molecular weight is 411 g/mol. The number of halogens is 3. The summed E-state index contributed by atoms with van der Waals surface area (Å²) in [5, 5.41) is 2.88. The standard InChI is InChI=1S/C20H28F3N5O/c1-15(2)25-19(29)28(11-10-26(3)4)14-18-24-8-9-27(18)13-16-6-5-7-17(12-16)20(21,22)23/h5-9,12,15H,10-11,13-14H2,1-4H3,(H,25,29). The van der Waals surface area contributed by atoms with E-state index in [0.717, 1.165) is 12.1 Å². The number of urea groups is 1. The lowest BCUT2D eigenvalue weighted by Gasteiger charge is -2.26. The van der Waals surface area contributed by atoms with Crippen LogP contribution in [-0.2, 0) is 19.3 Å². The molecule has 160 valence electrons. The van der Waals surface area contributed by atoms with E-state index in [1.54, 1.807) is 27.9 Å². The smallest absolute Gasteiger partial charge is 0.336 e. The third-order valence-electron chi connectivity index (χ3n) is 4.26. The third kappa shape index (κ3) is 7.08. The number of hydrogen-bond donors (Lipinski definition) is 1. The van der Waals surface area contributed by atoms with Crippen LogP contribution in [0.5, 0.6) is 0 Å². The van der Waals surface area contributed by atoms with Gasteiger partial charge in [-0.2, -0.15) is 13.2 Å². The molecule has 2 amide bonds. The van der Waals surface area contributed by atoms with Gasteiger partial charge in [-0.3, -0.25) is 0 Å². The van der Waals surface area contributed by atoms with E-state index in [9.17, 15) is 18.0 Å². The van der Waals surface area contributed by atoms with E-state index in [-0.39, 0.29) is 25.2 Å². The van der Waals surface area contributed by atoms with Crippen molar-refractivity contribution < 1.29 is 18.0 Å². The minimum absolute atomic E-state index is 0.00536. The van der Waals surface area contributed by atoms with Crippen molar-refractivity contribution in [2.24, 2.45) is 0 Å². The first-order valence-electron chi connectivity index (χ1n) is 9.42. The molecule has 2 rings (SSSR count). The van der Waals surface area contributed by atoms with Gasteiger partial charge in [0.1, 0.15) is 5.82 Å². The van der Waals surface area contributed by atoms with Crippen molar-refractivity contribution in [2.75, 3.05) is 27.2 Å². The summed E-state index contributed by atoms with van der Waals surface area (Å²) in [5.74, 6) is 0.611. The summed E-state index contributed by atoms with van der Waals surface area (Å²) in [6.45, 7) is 5.46. The Labute approximate surface area is 169 Å². The zero-order valence-corrected chi connectivity index (χ0v) is 17.2. The molecule has 0 unspecified atom stereocenters. The molecule has 6 nitrogen and oxygen atoms in total. The highest BCUT2D eigenvalue weighted by Gasteiger charge is 2.30. The molecule has 1 aromatic heterocycles. The Morgan fingerprint density at radius 3 is 2.59 bits per heavy atom. The maximum Gasteiger partial charge on any atom is 0.416 e. The van der Waals surface area contributed by atoms with Crippen LogP contribution in [0.3, 0.4) is 0 Å². The Balaban J connectivity index is 2.17. The highest BCUT2D eigenvalue weighted by molar-refractivity contribution is 5.74. The molecule has 2 aromatic rings. The summed E-state index contributed by atoms with van der Waals surface area (Å²) in [6, 6.07) is 5.03. The maximum atomic E-state index is 13.0. The van der Waals surface area contributed by atoms with Gasteiger partial charge in [0.2, 0.25) is 0 Å². The van der Waals surface area contributed by atoms with Crippen molar-refractivity contribution in [3.8, 4) is 0 Å². The first-order chi connectivity index (χ1) is 13.6. The van der Waals surface area contributed by atoms with Crippen molar-refractivity contribution in [3.63, 3.8) is 0 Å². The Bertz CT molecular complexity index is 801. The summed E-state index contributed by atoms with van der Waals surface area (Å²) in [6.07, 6.45) is -1.08. The van der Waals surface area contributed by atoms with Gasteiger partial charge in [-0.25, -0.2) is 9.78 Å². The molecule has 0 bridgehead atoms. The number of rotatable bonds is 8. The molecule has 0 fully saturated rings. The Morgan fingerprint density at radius 2 is 1.97 bits per heavy atom. The molecular formula is C20H28F3N5O. The molecule has 0 saturated carbocycles. The van der Waals surface area contributed by atoms with Crippen LogP contribution in [0.25, 0.3) is 0 Å². The number of carbonyl (C=O) groups excluding carboxylic acids is 1. The van der Waals surface area contributed by atoms with Gasteiger partial charge in [-0.05, 0) is 45.6 Å². The van der Waals surface area contributed by atoms with Gasteiger partial charge in [-0.1, -0.05) is 12.1 Å². The van der Waals surface area contributed by atoms with Gasteiger partial charge >= 0.3 is 12.2 Å². The summed E-state index contributed by atoms with van der Waals surface area (Å²) in [4.78, 5) is 20.5. The van der Waals surface area contributed by atoms with Gasteiger partial charge in [0.25, 0.3) is 0 Å². The molecule has 0 radical (unpaired) electrons. The number of imidazole rings is 1. The second-order valence-electron chi connectivity index (χ2n) is 7.50. The molecule has 0 saturated heterocycles. The molecule has 1 heterocycles. The van der Waals surface area contributed by atoms with Crippen LogP contribution in [0.15, 0.2) is 36.7 Å². The lowest BCUT2D eigenvalue weighted by atomic mass is 10.1. The van der Waals surface area contributed by atoms with Crippen LogP contribution in [-0.4, -0.2) is 58.6 Å². The summed E-state index contributed by atoms with van der Waals surface area (Å²) < 4.78 is 40.7. The Kier molecular flexibility index (Phi) is 7.66. The number of hydrogen-bond acceptors (Lipinski definition) is 3. The SMILES string of the molecule is CC(C)NC(=O)N(CCN(C)C)Cc1nccn1Cc1cccc(C(F)(F)F)c1. The van der Waals surface area contributed by atoms with Crippen LogP contribution < -0.4 is 5.32 Å². The Hall–Kier alpha value is -2.55. The first-order valence-corrected chi connectivity index (χ1v) is 9.42. The fourth-order valence-electron chi connectivity index (χ4n) is 2.76. The van der Waals surface area contributed by atoms with Gasteiger partial charge in [0.15, 0.2) is 0 Å². The van der Waals surface area contributed by atoms with E-state index in [4.69, 9.17) is 0 Å². The van der Waals surface area contributed by atoms with Crippen LogP contribution in [0.1, 0.15) is 30.8 Å². The number of nitrogens with one attached hydrogen (secondary N) is 1. The van der Waals surface area contributed by atoms with Gasteiger partial charge in [0.05, 0.1) is 12.1 Å². The first kappa shape index (κ1) is 22.7. The molecule has 0 spiro atoms. The fourth-order valence-corrected chi connectivity index (χ4v) is 2.76. The molecular weight excluding hydrogens is 383 g/mol. The maximum absolute atomic E-state index is 13.0. The van der Waals surface area contributed by atoms with E-state index in [1.807, 2.05) is 32.8 Å². The normalized spacial score (nSPS) is 11.9. The van der Waals surface area contributed by atoms with Crippen LogP contribution >= 0.6 is 0 Å². The predicted molar refractivity (Wildman–Crippen MR) is 105 cm³/mol. The van der Waals surface area contributed by atoms with Crippen molar-refractivity contribution in [2.45, 2.75) is 39.2 Å². The van der Waals surface area contributed by atoms with Gasteiger partial charge in [0, 0.05) is 38.1 Å². The van der Waals surface area contributed by atoms with Crippen molar-refractivity contribution in [1.29, 1.82) is 0 Å². The molecule has 1 N–H and O–H groups in total. The highest BCUT2D eigenvalue weighted by Crippen LogP contribution is 2.29. The van der Waals surface area contributed by atoms with Crippen molar-refractivity contribution in [3.05, 3.63) is 53.6 Å².